The summed E-state index contributed by atoms with van der Waals surface area (Å²) >= 11 is 0. The van der Waals surface area contributed by atoms with Crippen molar-refractivity contribution in [1.82, 2.24) is 4.98 Å². The highest BCUT2D eigenvalue weighted by molar-refractivity contribution is 5.97. The van der Waals surface area contributed by atoms with Gasteiger partial charge < -0.3 is 9.15 Å². The fraction of sp³-hybridized carbons (Fsp3) is 0.667. The Labute approximate surface area is 123 Å². The normalized spacial score (nSPS) is 21.9. The molecule has 6 heteroatoms. The number of oxazole rings is 1. The van der Waals surface area contributed by atoms with Crippen molar-refractivity contribution in [2.75, 3.05) is 18.5 Å². The van der Waals surface area contributed by atoms with Crippen molar-refractivity contribution in [3.8, 4) is 0 Å². The van der Waals surface area contributed by atoms with Crippen LogP contribution in [0.5, 0.6) is 0 Å². The van der Waals surface area contributed by atoms with Crippen LogP contribution in [0.2, 0.25) is 0 Å². The second-order valence-corrected chi connectivity index (χ2v) is 6.61. The molecule has 114 valence electrons. The highest BCUT2D eigenvalue weighted by Crippen LogP contribution is 2.35. The van der Waals surface area contributed by atoms with Crippen molar-refractivity contribution in [2.24, 2.45) is 11.3 Å². The fourth-order valence-electron chi connectivity index (χ4n) is 2.93. The summed E-state index contributed by atoms with van der Waals surface area (Å²) in [5.74, 6) is 0.383. The van der Waals surface area contributed by atoms with Gasteiger partial charge in [-0.05, 0) is 18.3 Å². The van der Waals surface area contributed by atoms with Gasteiger partial charge in [-0.2, -0.15) is 4.98 Å². The molecule has 1 aliphatic carbocycles. The number of carbonyl (C=O) groups is 2. The van der Waals surface area contributed by atoms with Crippen LogP contribution in [0.3, 0.4) is 0 Å². The molecule has 0 aromatic carbocycles. The molecule has 1 aromatic heterocycles. The third kappa shape index (κ3) is 3.00. The summed E-state index contributed by atoms with van der Waals surface area (Å²) in [7, 11) is 0. The van der Waals surface area contributed by atoms with Gasteiger partial charge in [-0.1, -0.05) is 13.8 Å². The molecule has 1 aromatic rings. The minimum Gasteiger partial charge on any atom is -0.428 e. The standard InChI is InChI=1S/C15H20N2O4/c1-15(2)7-10(18)12-11(8-15)21-14(16-12)17-13(19)9-3-5-20-6-4-9/h9H,3-8H2,1-2H3,(H,16,17,19). The SMILES string of the molecule is CC1(C)CC(=O)c2nc(NC(=O)C3CCOCC3)oc2C1. The number of ether oxygens (including phenoxy) is 1. The van der Waals surface area contributed by atoms with Crippen LogP contribution in [0, 0.1) is 11.3 Å². The van der Waals surface area contributed by atoms with E-state index in [1.54, 1.807) is 0 Å². The van der Waals surface area contributed by atoms with Crippen molar-refractivity contribution in [1.29, 1.82) is 0 Å². The van der Waals surface area contributed by atoms with Crippen LogP contribution in [-0.4, -0.2) is 29.9 Å². The molecule has 0 saturated carbocycles. The van der Waals surface area contributed by atoms with Crippen LogP contribution in [0.25, 0.3) is 0 Å². The first kappa shape index (κ1) is 14.3. The van der Waals surface area contributed by atoms with Crippen LogP contribution in [-0.2, 0) is 16.0 Å². The van der Waals surface area contributed by atoms with Crippen molar-refractivity contribution >= 4 is 17.7 Å². The van der Waals surface area contributed by atoms with Gasteiger partial charge in [-0.3, -0.25) is 14.9 Å². The minimum atomic E-state index is -0.119. The number of ketones is 1. The second kappa shape index (κ2) is 5.26. The number of nitrogens with one attached hydrogen (secondary N) is 1. The lowest BCUT2D eigenvalue weighted by atomic mass is 9.78. The zero-order valence-corrected chi connectivity index (χ0v) is 12.4. The average molecular weight is 292 g/mol. The largest absolute Gasteiger partial charge is 0.428 e. The molecule has 1 N–H and O–H groups in total. The zero-order chi connectivity index (χ0) is 15.0. The number of fused-ring (bicyclic) bond motifs is 1. The molecule has 0 spiro atoms. The Morgan fingerprint density at radius 3 is 2.71 bits per heavy atom. The van der Waals surface area contributed by atoms with E-state index in [1.165, 1.54) is 0 Å². The van der Waals surface area contributed by atoms with E-state index in [2.05, 4.69) is 10.3 Å². The van der Waals surface area contributed by atoms with E-state index < -0.39 is 0 Å². The molecular formula is C15H20N2O4. The molecule has 1 fully saturated rings. The Balaban J connectivity index is 1.73. The first-order valence-corrected chi connectivity index (χ1v) is 7.36. The summed E-state index contributed by atoms with van der Waals surface area (Å²) in [5, 5.41) is 2.69. The van der Waals surface area contributed by atoms with Crippen LogP contribution in [0.4, 0.5) is 6.01 Å². The summed E-state index contributed by atoms with van der Waals surface area (Å²) in [6, 6.07) is 0.141. The number of amides is 1. The van der Waals surface area contributed by atoms with Gasteiger partial charge >= 0.3 is 6.01 Å². The molecule has 0 atom stereocenters. The summed E-state index contributed by atoms with van der Waals surface area (Å²) in [6.45, 7) is 5.26. The molecule has 6 nitrogen and oxygen atoms in total. The number of nitrogens with zero attached hydrogens (tertiary/aromatic N) is 1. The first-order valence-electron chi connectivity index (χ1n) is 7.36. The van der Waals surface area contributed by atoms with Gasteiger partial charge in [0.15, 0.2) is 5.78 Å². The molecular weight excluding hydrogens is 272 g/mol. The van der Waals surface area contributed by atoms with Gasteiger partial charge in [0.25, 0.3) is 0 Å². The van der Waals surface area contributed by atoms with E-state index in [-0.39, 0.29) is 29.0 Å². The molecule has 1 aliphatic heterocycles. The van der Waals surface area contributed by atoms with E-state index in [4.69, 9.17) is 9.15 Å². The Morgan fingerprint density at radius 1 is 1.29 bits per heavy atom. The Kier molecular flexibility index (Phi) is 3.57. The van der Waals surface area contributed by atoms with Gasteiger partial charge in [-0.15, -0.1) is 0 Å². The highest BCUT2D eigenvalue weighted by atomic mass is 16.5. The highest BCUT2D eigenvalue weighted by Gasteiger charge is 2.35. The lowest BCUT2D eigenvalue weighted by Gasteiger charge is -2.25. The fourth-order valence-corrected chi connectivity index (χ4v) is 2.93. The maximum Gasteiger partial charge on any atom is 0.302 e. The lowest BCUT2D eigenvalue weighted by molar-refractivity contribution is -0.122. The molecule has 21 heavy (non-hydrogen) atoms. The molecule has 1 saturated heterocycles. The predicted molar refractivity (Wildman–Crippen MR) is 75.1 cm³/mol. The van der Waals surface area contributed by atoms with E-state index in [0.717, 1.165) is 0 Å². The lowest BCUT2D eigenvalue weighted by Crippen LogP contribution is -2.28. The third-order valence-electron chi connectivity index (χ3n) is 4.06. The number of aromatic nitrogens is 1. The molecule has 0 bridgehead atoms. The van der Waals surface area contributed by atoms with Gasteiger partial charge in [0.1, 0.15) is 11.5 Å². The van der Waals surface area contributed by atoms with Crippen LogP contribution >= 0.6 is 0 Å². The maximum atomic E-state index is 12.1. The van der Waals surface area contributed by atoms with Gasteiger partial charge in [0.2, 0.25) is 5.91 Å². The topological polar surface area (TPSA) is 81.4 Å². The van der Waals surface area contributed by atoms with Crippen molar-refractivity contribution in [3.63, 3.8) is 0 Å². The van der Waals surface area contributed by atoms with Gasteiger partial charge in [0.05, 0.1) is 0 Å². The average Bonchev–Trinajstić information content (AvgIpc) is 2.81. The van der Waals surface area contributed by atoms with Crippen LogP contribution in [0.1, 0.15) is 49.4 Å². The maximum absolute atomic E-state index is 12.1. The molecule has 3 rings (SSSR count). The monoisotopic (exact) mass is 292 g/mol. The Bertz CT molecular complexity index is 570. The zero-order valence-electron chi connectivity index (χ0n) is 12.4. The van der Waals surface area contributed by atoms with Crippen molar-refractivity contribution in [2.45, 2.75) is 39.5 Å². The number of rotatable bonds is 2. The number of anilines is 1. The molecule has 1 amide bonds. The van der Waals surface area contributed by atoms with Crippen molar-refractivity contribution < 1.29 is 18.7 Å². The molecule has 2 aliphatic rings. The predicted octanol–water partition coefficient (Wildman–Crippen LogP) is 2.19. The Hall–Kier alpha value is -1.69. The van der Waals surface area contributed by atoms with E-state index in [9.17, 15) is 9.59 Å². The minimum absolute atomic E-state index is 0.0171. The van der Waals surface area contributed by atoms with Crippen LogP contribution < -0.4 is 5.32 Å². The van der Waals surface area contributed by atoms with E-state index in [1.807, 2.05) is 13.8 Å². The summed E-state index contributed by atoms with van der Waals surface area (Å²) < 4.78 is 10.8. The van der Waals surface area contributed by atoms with E-state index >= 15 is 0 Å². The summed E-state index contributed by atoms with van der Waals surface area (Å²) in [4.78, 5) is 28.3. The van der Waals surface area contributed by atoms with Crippen molar-refractivity contribution in [3.05, 3.63) is 11.5 Å². The summed E-state index contributed by atoms with van der Waals surface area (Å²) in [6.07, 6.45) is 2.53. The number of hydrogen-bond acceptors (Lipinski definition) is 5. The first-order chi connectivity index (χ1) is 9.94. The number of carbonyl (C=O) groups excluding carboxylic acids is 2. The van der Waals surface area contributed by atoms with Gasteiger partial charge in [0, 0.05) is 32.0 Å². The van der Waals surface area contributed by atoms with Crippen LogP contribution in [0.15, 0.2) is 4.42 Å². The molecule has 0 radical (unpaired) electrons. The summed E-state index contributed by atoms with van der Waals surface area (Å²) in [5.41, 5.74) is 0.252. The molecule has 0 unspecified atom stereocenters. The van der Waals surface area contributed by atoms with Gasteiger partial charge in [-0.25, -0.2) is 0 Å². The quantitative estimate of drug-likeness (QED) is 0.903. The second-order valence-electron chi connectivity index (χ2n) is 6.61. The number of hydrogen-bond donors (Lipinski definition) is 1. The smallest absolute Gasteiger partial charge is 0.302 e. The Morgan fingerprint density at radius 2 is 2.00 bits per heavy atom. The third-order valence-corrected chi connectivity index (χ3v) is 4.06. The molecule has 2 heterocycles. The number of Topliss-reactive ketones (excluding diaryl/α,β-unsaturated/α-hetero) is 1. The van der Waals surface area contributed by atoms with E-state index in [0.29, 0.717) is 50.4 Å².